The van der Waals surface area contributed by atoms with Crippen LogP contribution in [0.2, 0.25) is 0 Å². The van der Waals surface area contributed by atoms with Gasteiger partial charge in [0.2, 0.25) is 0 Å². The van der Waals surface area contributed by atoms with Gasteiger partial charge in [-0.05, 0) is 58.7 Å². The third-order valence-electron chi connectivity index (χ3n) is 7.65. The molecular formula is C30H25F5N4O3. The number of alkyl halides is 5. The number of carbonyl (C=O) groups is 2. The zero-order chi connectivity index (χ0) is 29.6. The van der Waals surface area contributed by atoms with E-state index in [9.17, 15) is 31.5 Å². The molecule has 0 spiro atoms. The lowest BCUT2D eigenvalue weighted by Gasteiger charge is -2.31. The molecule has 4 aromatic rings. The van der Waals surface area contributed by atoms with Crippen molar-refractivity contribution in [3.05, 3.63) is 88.9 Å². The minimum absolute atomic E-state index is 0.0639. The van der Waals surface area contributed by atoms with Gasteiger partial charge in [0.1, 0.15) is 11.3 Å². The summed E-state index contributed by atoms with van der Waals surface area (Å²) < 4.78 is 74.6. The van der Waals surface area contributed by atoms with Crippen molar-refractivity contribution in [3.8, 4) is 11.1 Å². The van der Waals surface area contributed by atoms with Crippen molar-refractivity contribution in [2.24, 2.45) is 0 Å². The summed E-state index contributed by atoms with van der Waals surface area (Å²) in [6, 6.07) is 11.4. The van der Waals surface area contributed by atoms with Crippen molar-refractivity contribution < 1.29 is 36.0 Å². The number of pyridine rings is 1. The first kappa shape index (κ1) is 27.7. The van der Waals surface area contributed by atoms with Crippen LogP contribution < -0.4 is 5.32 Å². The second kappa shape index (κ2) is 10.4. The number of amides is 3. The molecule has 3 amide bonds. The van der Waals surface area contributed by atoms with E-state index in [0.29, 0.717) is 18.7 Å². The predicted molar refractivity (Wildman–Crippen MR) is 142 cm³/mol. The summed E-state index contributed by atoms with van der Waals surface area (Å²) in [5.41, 5.74) is 1.56. The number of halogens is 5. The SMILES string of the molecule is O=C(NCc1cc2cc(-c3ccc(C(=O)N4CCC(F)(F)CC4)cc3)cc(C(F)(F)F)c2o1)N1Cc2ccncc2C1. The van der Waals surface area contributed by atoms with E-state index in [0.717, 1.165) is 17.2 Å². The van der Waals surface area contributed by atoms with Crippen molar-refractivity contribution in [1.29, 1.82) is 0 Å². The summed E-state index contributed by atoms with van der Waals surface area (Å²) in [5.74, 6) is -3.03. The molecule has 0 radical (unpaired) electrons. The number of piperidine rings is 1. The molecule has 4 heterocycles. The van der Waals surface area contributed by atoms with Crippen LogP contribution in [0.1, 0.15) is 45.7 Å². The molecule has 0 unspecified atom stereocenters. The molecule has 0 atom stereocenters. The summed E-state index contributed by atoms with van der Waals surface area (Å²) in [6.07, 6.45) is -2.18. The number of carbonyl (C=O) groups excluding carboxylic acids is 2. The number of hydrogen-bond donors (Lipinski definition) is 1. The predicted octanol–water partition coefficient (Wildman–Crippen LogP) is 6.61. The van der Waals surface area contributed by atoms with Gasteiger partial charge < -0.3 is 19.5 Å². The highest BCUT2D eigenvalue weighted by Gasteiger charge is 2.37. The molecule has 218 valence electrons. The van der Waals surface area contributed by atoms with Gasteiger partial charge >= 0.3 is 12.2 Å². The van der Waals surface area contributed by atoms with Gasteiger partial charge in [-0.3, -0.25) is 9.78 Å². The molecule has 0 bridgehead atoms. The Balaban J connectivity index is 1.20. The third kappa shape index (κ3) is 5.53. The second-order valence-electron chi connectivity index (χ2n) is 10.5. The van der Waals surface area contributed by atoms with Crippen LogP contribution in [-0.4, -0.2) is 45.7 Å². The summed E-state index contributed by atoms with van der Waals surface area (Å²) in [6.45, 7) is 0.556. The minimum Gasteiger partial charge on any atom is -0.459 e. The average Bonchev–Trinajstić information content (AvgIpc) is 3.59. The highest BCUT2D eigenvalue weighted by atomic mass is 19.4. The molecule has 0 aliphatic carbocycles. The normalized spacial score (nSPS) is 16.5. The summed E-state index contributed by atoms with van der Waals surface area (Å²) >= 11 is 0. The van der Waals surface area contributed by atoms with Crippen LogP contribution in [0, 0.1) is 0 Å². The van der Waals surface area contributed by atoms with E-state index in [-0.39, 0.29) is 53.5 Å². The number of nitrogens with zero attached hydrogens (tertiary/aromatic N) is 3. The van der Waals surface area contributed by atoms with E-state index in [1.165, 1.54) is 35.2 Å². The standard InChI is InChI=1S/C30H25F5N4O3/c31-29(32)6-9-38(10-7-29)27(40)19-3-1-18(2-4-19)21-11-22-12-24(42-26(22)25(13-21)30(33,34)35)15-37-28(41)39-16-20-5-8-36-14-23(20)17-39/h1-5,8,11-14H,6-7,9-10,15-17H2,(H,37,41). The second-order valence-corrected chi connectivity index (χ2v) is 10.5. The van der Waals surface area contributed by atoms with E-state index in [2.05, 4.69) is 10.3 Å². The topological polar surface area (TPSA) is 78.7 Å². The summed E-state index contributed by atoms with van der Waals surface area (Å²) in [4.78, 5) is 32.4. The molecule has 42 heavy (non-hydrogen) atoms. The lowest BCUT2D eigenvalue weighted by molar-refractivity contribution is -0.136. The maximum atomic E-state index is 14.1. The van der Waals surface area contributed by atoms with Gasteiger partial charge in [-0.15, -0.1) is 0 Å². The molecule has 2 aliphatic rings. The van der Waals surface area contributed by atoms with E-state index < -0.39 is 36.4 Å². The number of fused-ring (bicyclic) bond motifs is 2. The molecule has 2 aliphatic heterocycles. The van der Waals surface area contributed by atoms with Crippen molar-refractivity contribution in [2.75, 3.05) is 13.1 Å². The highest BCUT2D eigenvalue weighted by Crippen LogP contribution is 2.39. The molecule has 7 nitrogen and oxygen atoms in total. The maximum absolute atomic E-state index is 14.1. The highest BCUT2D eigenvalue weighted by molar-refractivity contribution is 5.95. The van der Waals surface area contributed by atoms with Gasteiger partial charge in [-0.25, -0.2) is 13.6 Å². The Kier molecular flexibility index (Phi) is 6.86. The Labute approximate surface area is 236 Å². The van der Waals surface area contributed by atoms with Crippen molar-refractivity contribution in [1.82, 2.24) is 20.1 Å². The van der Waals surface area contributed by atoms with Gasteiger partial charge in [0.05, 0.1) is 12.1 Å². The van der Waals surface area contributed by atoms with E-state index in [1.54, 1.807) is 23.4 Å². The minimum atomic E-state index is -4.71. The zero-order valence-electron chi connectivity index (χ0n) is 22.2. The van der Waals surface area contributed by atoms with Gasteiger partial charge in [0.25, 0.3) is 11.8 Å². The lowest BCUT2D eigenvalue weighted by Crippen LogP contribution is -2.42. The Morgan fingerprint density at radius 1 is 0.929 bits per heavy atom. The number of urea groups is 1. The number of furan rings is 1. The average molecular weight is 585 g/mol. The Morgan fingerprint density at radius 3 is 2.33 bits per heavy atom. The summed E-state index contributed by atoms with van der Waals surface area (Å²) in [7, 11) is 0. The van der Waals surface area contributed by atoms with Crippen molar-refractivity contribution >= 4 is 22.9 Å². The lowest BCUT2D eigenvalue weighted by atomic mass is 9.98. The number of benzene rings is 2. The number of aromatic nitrogens is 1. The molecule has 0 saturated carbocycles. The first-order valence-electron chi connectivity index (χ1n) is 13.3. The van der Waals surface area contributed by atoms with Gasteiger partial charge in [0.15, 0.2) is 0 Å². The van der Waals surface area contributed by atoms with Crippen LogP contribution in [0.15, 0.2) is 65.3 Å². The van der Waals surface area contributed by atoms with Crippen molar-refractivity contribution in [2.45, 2.75) is 44.6 Å². The molecular weight excluding hydrogens is 559 g/mol. The quantitative estimate of drug-likeness (QED) is 0.274. The molecule has 2 aromatic carbocycles. The van der Waals surface area contributed by atoms with Crippen LogP contribution in [0.5, 0.6) is 0 Å². The van der Waals surface area contributed by atoms with Gasteiger partial charge in [-0.1, -0.05) is 12.1 Å². The number of likely N-dealkylation sites (tertiary alicyclic amines) is 1. The van der Waals surface area contributed by atoms with Crippen LogP contribution in [0.25, 0.3) is 22.1 Å². The fourth-order valence-electron chi connectivity index (χ4n) is 5.33. The van der Waals surface area contributed by atoms with Crippen LogP contribution in [0.4, 0.5) is 26.7 Å². The Bertz CT molecular complexity index is 1630. The molecule has 2 aromatic heterocycles. The molecule has 1 N–H and O–H groups in total. The molecule has 6 rings (SSSR count). The number of rotatable bonds is 4. The third-order valence-corrected chi connectivity index (χ3v) is 7.65. The number of nitrogens with one attached hydrogen (secondary N) is 1. The van der Waals surface area contributed by atoms with Gasteiger partial charge in [0, 0.05) is 62.4 Å². The summed E-state index contributed by atoms with van der Waals surface area (Å²) in [5, 5.41) is 2.91. The van der Waals surface area contributed by atoms with Gasteiger partial charge in [-0.2, -0.15) is 13.2 Å². The molecule has 1 saturated heterocycles. The van der Waals surface area contributed by atoms with Crippen LogP contribution >= 0.6 is 0 Å². The smallest absolute Gasteiger partial charge is 0.420 e. The zero-order valence-corrected chi connectivity index (χ0v) is 22.2. The fourth-order valence-corrected chi connectivity index (χ4v) is 5.33. The molecule has 1 fully saturated rings. The Hall–Kier alpha value is -4.48. The van der Waals surface area contributed by atoms with Crippen LogP contribution in [0.3, 0.4) is 0 Å². The largest absolute Gasteiger partial charge is 0.459 e. The monoisotopic (exact) mass is 584 g/mol. The van der Waals surface area contributed by atoms with E-state index >= 15 is 0 Å². The van der Waals surface area contributed by atoms with Crippen LogP contribution in [-0.2, 0) is 25.8 Å². The molecule has 12 heteroatoms. The maximum Gasteiger partial charge on any atom is 0.420 e. The van der Waals surface area contributed by atoms with Crippen molar-refractivity contribution in [3.63, 3.8) is 0 Å². The first-order valence-corrected chi connectivity index (χ1v) is 13.3. The van der Waals surface area contributed by atoms with E-state index in [1.807, 2.05) is 6.07 Å². The van der Waals surface area contributed by atoms with E-state index in [4.69, 9.17) is 4.42 Å². The number of hydrogen-bond acceptors (Lipinski definition) is 4. The Morgan fingerprint density at radius 2 is 1.64 bits per heavy atom. The first-order chi connectivity index (χ1) is 20.0. The fraction of sp³-hybridized carbons (Fsp3) is 0.300.